The largest absolute Gasteiger partial charge is 0.460 e. The standard InChI is InChI=1S/C23H21N3O2/c1-15-9-11-18(13-16(15)2)24-23(27)21-14-20(22-12-10-17(3)28-22)25-26(21)19-7-5-4-6-8-19/h4-14H,1-3H3,(H,24,27). The minimum atomic E-state index is -0.228. The summed E-state index contributed by atoms with van der Waals surface area (Å²) < 4.78 is 7.34. The number of carbonyl (C=O) groups is 1. The van der Waals surface area contributed by atoms with E-state index in [0.29, 0.717) is 17.1 Å². The molecule has 0 saturated heterocycles. The molecule has 2 aromatic carbocycles. The lowest BCUT2D eigenvalue weighted by Crippen LogP contribution is -2.17. The molecule has 2 aromatic heterocycles. The number of anilines is 1. The second-order valence-electron chi connectivity index (χ2n) is 6.83. The minimum Gasteiger partial charge on any atom is -0.460 e. The molecule has 0 spiro atoms. The summed E-state index contributed by atoms with van der Waals surface area (Å²) in [6.45, 7) is 5.95. The van der Waals surface area contributed by atoms with Gasteiger partial charge in [0, 0.05) is 11.8 Å². The number of amides is 1. The SMILES string of the molecule is Cc1ccc(-c2cc(C(=O)Nc3ccc(C)c(C)c3)n(-c3ccccc3)n2)o1. The maximum absolute atomic E-state index is 13.1. The van der Waals surface area contributed by atoms with Gasteiger partial charge in [0.1, 0.15) is 17.1 Å². The molecule has 0 aliphatic carbocycles. The highest BCUT2D eigenvalue weighted by Crippen LogP contribution is 2.24. The van der Waals surface area contributed by atoms with Crippen molar-refractivity contribution in [3.63, 3.8) is 0 Å². The number of aryl methyl sites for hydroxylation is 3. The Bertz CT molecular complexity index is 1140. The zero-order chi connectivity index (χ0) is 19.7. The topological polar surface area (TPSA) is 60.1 Å². The van der Waals surface area contributed by atoms with Crippen molar-refractivity contribution in [1.82, 2.24) is 9.78 Å². The molecule has 0 radical (unpaired) electrons. The molecule has 2 heterocycles. The first-order valence-electron chi connectivity index (χ1n) is 9.12. The number of carbonyl (C=O) groups excluding carboxylic acids is 1. The molecule has 0 aliphatic heterocycles. The fourth-order valence-electron chi connectivity index (χ4n) is 3.02. The number of hydrogen-bond donors (Lipinski definition) is 1. The van der Waals surface area contributed by atoms with Crippen molar-refractivity contribution in [3.05, 3.63) is 89.3 Å². The number of furan rings is 1. The van der Waals surface area contributed by atoms with Crippen molar-refractivity contribution >= 4 is 11.6 Å². The van der Waals surface area contributed by atoms with E-state index in [9.17, 15) is 4.79 Å². The van der Waals surface area contributed by atoms with Crippen LogP contribution in [0.2, 0.25) is 0 Å². The van der Waals surface area contributed by atoms with Crippen LogP contribution in [0.3, 0.4) is 0 Å². The molecule has 0 unspecified atom stereocenters. The Morgan fingerprint density at radius 3 is 2.39 bits per heavy atom. The first-order chi connectivity index (χ1) is 13.5. The maximum Gasteiger partial charge on any atom is 0.274 e. The summed E-state index contributed by atoms with van der Waals surface area (Å²) in [6, 6.07) is 20.9. The third-order valence-electron chi connectivity index (χ3n) is 4.70. The molecule has 140 valence electrons. The summed E-state index contributed by atoms with van der Waals surface area (Å²) in [6.07, 6.45) is 0. The number of benzene rings is 2. The fourth-order valence-corrected chi connectivity index (χ4v) is 3.02. The first kappa shape index (κ1) is 17.8. The van der Waals surface area contributed by atoms with Gasteiger partial charge in [-0.05, 0) is 68.3 Å². The lowest BCUT2D eigenvalue weighted by atomic mass is 10.1. The molecular formula is C23H21N3O2. The molecule has 4 aromatic rings. The lowest BCUT2D eigenvalue weighted by molar-refractivity contribution is 0.101. The van der Waals surface area contributed by atoms with Gasteiger partial charge in [0.05, 0.1) is 5.69 Å². The normalized spacial score (nSPS) is 10.8. The Morgan fingerprint density at radius 1 is 0.929 bits per heavy atom. The van der Waals surface area contributed by atoms with Crippen LogP contribution in [0.4, 0.5) is 5.69 Å². The summed E-state index contributed by atoms with van der Waals surface area (Å²) in [5.41, 5.74) is 4.92. The second-order valence-corrected chi connectivity index (χ2v) is 6.83. The smallest absolute Gasteiger partial charge is 0.274 e. The fraction of sp³-hybridized carbons (Fsp3) is 0.130. The molecule has 0 aliphatic rings. The average Bonchev–Trinajstić information content (AvgIpc) is 3.32. The number of nitrogens with one attached hydrogen (secondary N) is 1. The molecule has 0 atom stereocenters. The first-order valence-corrected chi connectivity index (χ1v) is 9.12. The number of rotatable bonds is 4. The van der Waals surface area contributed by atoms with Crippen LogP contribution >= 0.6 is 0 Å². The summed E-state index contributed by atoms with van der Waals surface area (Å²) in [5.74, 6) is 1.20. The van der Waals surface area contributed by atoms with Crippen molar-refractivity contribution in [2.45, 2.75) is 20.8 Å². The third kappa shape index (κ3) is 3.47. The van der Waals surface area contributed by atoms with Crippen molar-refractivity contribution < 1.29 is 9.21 Å². The van der Waals surface area contributed by atoms with Crippen LogP contribution in [0.1, 0.15) is 27.4 Å². The Labute approximate surface area is 163 Å². The van der Waals surface area contributed by atoms with Crippen LogP contribution in [-0.2, 0) is 0 Å². The highest BCUT2D eigenvalue weighted by atomic mass is 16.3. The Balaban J connectivity index is 1.74. The van der Waals surface area contributed by atoms with E-state index in [1.54, 1.807) is 10.7 Å². The molecule has 1 amide bonds. The van der Waals surface area contributed by atoms with Gasteiger partial charge < -0.3 is 9.73 Å². The molecule has 0 fully saturated rings. The molecular weight excluding hydrogens is 350 g/mol. The van der Waals surface area contributed by atoms with Gasteiger partial charge in [-0.1, -0.05) is 24.3 Å². The second kappa shape index (κ2) is 7.19. The minimum absolute atomic E-state index is 0.228. The van der Waals surface area contributed by atoms with Crippen molar-refractivity contribution in [2.24, 2.45) is 0 Å². The number of para-hydroxylation sites is 1. The zero-order valence-corrected chi connectivity index (χ0v) is 16.1. The quantitative estimate of drug-likeness (QED) is 0.529. The van der Waals surface area contributed by atoms with E-state index in [1.165, 1.54) is 5.56 Å². The Morgan fingerprint density at radius 2 is 1.71 bits per heavy atom. The number of hydrogen-bond acceptors (Lipinski definition) is 3. The van der Waals surface area contributed by atoms with E-state index in [0.717, 1.165) is 22.7 Å². The van der Waals surface area contributed by atoms with E-state index in [2.05, 4.69) is 10.4 Å². The number of aromatic nitrogens is 2. The molecule has 5 nitrogen and oxygen atoms in total. The molecule has 0 saturated carbocycles. The van der Waals surface area contributed by atoms with Crippen molar-refractivity contribution in [3.8, 4) is 17.1 Å². The number of nitrogens with zero attached hydrogens (tertiary/aromatic N) is 2. The van der Waals surface area contributed by atoms with Gasteiger partial charge in [0.2, 0.25) is 0 Å². The Hall–Kier alpha value is -3.60. The van der Waals surface area contributed by atoms with Gasteiger partial charge >= 0.3 is 0 Å². The van der Waals surface area contributed by atoms with Crippen LogP contribution in [-0.4, -0.2) is 15.7 Å². The third-order valence-corrected chi connectivity index (χ3v) is 4.70. The highest BCUT2D eigenvalue weighted by molar-refractivity contribution is 6.04. The van der Waals surface area contributed by atoms with E-state index >= 15 is 0 Å². The van der Waals surface area contributed by atoms with Crippen LogP contribution in [0.5, 0.6) is 0 Å². The van der Waals surface area contributed by atoms with E-state index < -0.39 is 0 Å². The maximum atomic E-state index is 13.1. The molecule has 1 N–H and O–H groups in total. The zero-order valence-electron chi connectivity index (χ0n) is 16.1. The van der Waals surface area contributed by atoms with Crippen LogP contribution in [0.25, 0.3) is 17.1 Å². The van der Waals surface area contributed by atoms with Gasteiger partial charge in [-0.3, -0.25) is 4.79 Å². The lowest BCUT2D eigenvalue weighted by Gasteiger charge is -2.09. The van der Waals surface area contributed by atoms with Gasteiger partial charge in [-0.25, -0.2) is 4.68 Å². The summed E-state index contributed by atoms with van der Waals surface area (Å²) in [5, 5.41) is 7.60. The van der Waals surface area contributed by atoms with E-state index in [1.807, 2.05) is 81.4 Å². The van der Waals surface area contributed by atoms with Gasteiger partial charge in [-0.15, -0.1) is 0 Å². The predicted molar refractivity (Wildman–Crippen MR) is 110 cm³/mol. The molecule has 4 rings (SSSR count). The van der Waals surface area contributed by atoms with Gasteiger partial charge in [-0.2, -0.15) is 5.10 Å². The average molecular weight is 371 g/mol. The van der Waals surface area contributed by atoms with Gasteiger partial charge in [0.15, 0.2) is 5.76 Å². The monoisotopic (exact) mass is 371 g/mol. The van der Waals surface area contributed by atoms with Crippen LogP contribution in [0.15, 0.2) is 71.1 Å². The summed E-state index contributed by atoms with van der Waals surface area (Å²) in [4.78, 5) is 13.1. The van der Waals surface area contributed by atoms with Crippen LogP contribution < -0.4 is 5.32 Å². The van der Waals surface area contributed by atoms with E-state index in [-0.39, 0.29) is 5.91 Å². The molecule has 5 heteroatoms. The molecule has 0 bridgehead atoms. The van der Waals surface area contributed by atoms with Crippen LogP contribution in [0, 0.1) is 20.8 Å². The molecule has 28 heavy (non-hydrogen) atoms. The van der Waals surface area contributed by atoms with E-state index in [4.69, 9.17) is 4.42 Å². The van der Waals surface area contributed by atoms with Gasteiger partial charge in [0.25, 0.3) is 5.91 Å². The summed E-state index contributed by atoms with van der Waals surface area (Å²) >= 11 is 0. The highest BCUT2D eigenvalue weighted by Gasteiger charge is 2.19. The predicted octanol–water partition coefficient (Wildman–Crippen LogP) is 5.31. The summed E-state index contributed by atoms with van der Waals surface area (Å²) in [7, 11) is 0. The van der Waals surface area contributed by atoms with Crippen molar-refractivity contribution in [2.75, 3.05) is 5.32 Å². The Kier molecular flexibility index (Phi) is 4.57. The van der Waals surface area contributed by atoms with Crippen molar-refractivity contribution in [1.29, 1.82) is 0 Å².